The van der Waals surface area contributed by atoms with E-state index < -0.39 is 0 Å². The Hall–Kier alpha value is -1.12. The molecule has 82 valence electrons. The number of hydrogen-bond acceptors (Lipinski definition) is 2. The molecule has 0 bridgehead atoms. The molecule has 2 aromatic rings. The molecule has 1 atom stereocenters. The summed E-state index contributed by atoms with van der Waals surface area (Å²) in [6.07, 6.45) is 2.13. The van der Waals surface area contributed by atoms with E-state index in [4.69, 9.17) is 5.73 Å². The van der Waals surface area contributed by atoms with E-state index in [9.17, 15) is 0 Å². The average Bonchev–Trinajstić information content (AvgIpc) is 2.86. The normalized spacial score (nSPS) is 23.4. The molecule has 1 unspecified atom stereocenters. The predicted octanol–water partition coefficient (Wildman–Crippen LogP) is 3.21. The molecule has 3 rings (SSSR count). The summed E-state index contributed by atoms with van der Waals surface area (Å²) in [4.78, 5) is 1.35. The third kappa shape index (κ3) is 1.27. The van der Waals surface area contributed by atoms with E-state index >= 15 is 0 Å². The van der Waals surface area contributed by atoms with Crippen LogP contribution in [0.25, 0.3) is 0 Å². The Morgan fingerprint density at radius 2 is 2.00 bits per heavy atom. The fourth-order valence-corrected chi connectivity index (χ4v) is 3.55. The lowest BCUT2D eigenvalue weighted by Gasteiger charge is -2.25. The first kappa shape index (κ1) is 10.1. The minimum absolute atomic E-state index is 0.249. The predicted molar refractivity (Wildman–Crippen MR) is 68.8 cm³/mol. The van der Waals surface area contributed by atoms with Gasteiger partial charge in [-0.05, 0) is 47.9 Å². The molecule has 1 heterocycles. The van der Waals surface area contributed by atoms with Crippen LogP contribution in [0.15, 0.2) is 35.7 Å². The fourth-order valence-electron chi connectivity index (χ4n) is 2.77. The smallest absolute Gasteiger partial charge is 0.0682 e. The fraction of sp³-hybridized carbons (Fsp3) is 0.286. The Labute approximate surface area is 99.9 Å². The molecule has 0 saturated carbocycles. The first-order chi connectivity index (χ1) is 7.72. The number of rotatable bonds is 1. The van der Waals surface area contributed by atoms with Gasteiger partial charge in [-0.2, -0.15) is 0 Å². The lowest BCUT2D eigenvalue weighted by Crippen LogP contribution is -2.35. The van der Waals surface area contributed by atoms with Gasteiger partial charge in [-0.15, -0.1) is 11.3 Å². The van der Waals surface area contributed by atoms with Gasteiger partial charge in [0.05, 0.1) is 5.54 Å². The quantitative estimate of drug-likeness (QED) is 0.798. The molecule has 0 aliphatic heterocycles. The van der Waals surface area contributed by atoms with Crippen LogP contribution in [0.2, 0.25) is 0 Å². The Morgan fingerprint density at radius 3 is 2.75 bits per heavy atom. The lowest BCUT2D eigenvalue weighted by molar-refractivity contribution is 0.534. The van der Waals surface area contributed by atoms with Gasteiger partial charge in [0.15, 0.2) is 0 Å². The van der Waals surface area contributed by atoms with Crippen molar-refractivity contribution in [2.45, 2.75) is 25.3 Å². The van der Waals surface area contributed by atoms with Crippen LogP contribution in [0.3, 0.4) is 0 Å². The minimum atomic E-state index is -0.249. The van der Waals surface area contributed by atoms with Crippen LogP contribution in [-0.4, -0.2) is 0 Å². The van der Waals surface area contributed by atoms with Crippen LogP contribution in [0.4, 0.5) is 0 Å². The highest BCUT2D eigenvalue weighted by atomic mass is 32.1. The number of nitrogens with two attached hydrogens (primary N) is 1. The zero-order valence-corrected chi connectivity index (χ0v) is 10.2. The maximum atomic E-state index is 6.64. The molecule has 2 N–H and O–H groups in total. The molecule has 1 aromatic carbocycles. The Balaban J connectivity index is 2.19. The van der Waals surface area contributed by atoms with Crippen molar-refractivity contribution in [1.82, 2.24) is 0 Å². The van der Waals surface area contributed by atoms with Crippen molar-refractivity contribution in [2.24, 2.45) is 5.73 Å². The van der Waals surface area contributed by atoms with Gasteiger partial charge in [-0.1, -0.05) is 24.3 Å². The van der Waals surface area contributed by atoms with Crippen molar-refractivity contribution < 1.29 is 0 Å². The second-order valence-corrected chi connectivity index (χ2v) is 5.64. The first-order valence-electron chi connectivity index (χ1n) is 5.63. The van der Waals surface area contributed by atoms with Crippen LogP contribution >= 0.6 is 11.3 Å². The molecule has 1 aliphatic carbocycles. The van der Waals surface area contributed by atoms with E-state index in [1.807, 2.05) is 0 Å². The minimum Gasteiger partial charge on any atom is -0.318 e. The molecule has 0 amide bonds. The third-order valence-electron chi connectivity index (χ3n) is 3.63. The number of fused-ring (bicyclic) bond motifs is 1. The van der Waals surface area contributed by atoms with Crippen molar-refractivity contribution in [3.8, 4) is 0 Å². The second-order valence-electron chi connectivity index (χ2n) is 4.52. The zero-order valence-electron chi connectivity index (χ0n) is 9.36. The maximum absolute atomic E-state index is 6.64. The summed E-state index contributed by atoms with van der Waals surface area (Å²) >= 11 is 1.78. The van der Waals surface area contributed by atoms with E-state index in [1.165, 1.54) is 21.6 Å². The topological polar surface area (TPSA) is 26.0 Å². The van der Waals surface area contributed by atoms with Gasteiger partial charge in [0, 0.05) is 4.88 Å². The standard InChI is InChI=1S/C14H15NS/c1-10-12(7-9-16-10)14(15)8-6-11-4-2-3-5-13(11)14/h2-5,7,9H,6,8,15H2,1H3. The average molecular weight is 229 g/mol. The molecule has 0 fully saturated rings. The van der Waals surface area contributed by atoms with Crippen molar-refractivity contribution in [2.75, 3.05) is 0 Å². The summed E-state index contributed by atoms with van der Waals surface area (Å²) in [6, 6.07) is 10.8. The van der Waals surface area contributed by atoms with Gasteiger partial charge in [-0.3, -0.25) is 0 Å². The highest BCUT2D eigenvalue weighted by Gasteiger charge is 2.37. The van der Waals surface area contributed by atoms with Crippen molar-refractivity contribution in [3.05, 3.63) is 57.3 Å². The molecule has 0 spiro atoms. The molecule has 1 aromatic heterocycles. The van der Waals surface area contributed by atoms with Crippen LogP contribution < -0.4 is 5.73 Å². The van der Waals surface area contributed by atoms with E-state index in [0.29, 0.717) is 0 Å². The molecule has 1 nitrogen and oxygen atoms in total. The summed E-state index contributed by atoms with van der Waals surface area (Å²) in [5.41, 5.74) is 10.4. The van der Waals surface area contributed by atoms with Crippen molar-refractivity contribution in [3.63, 3.8) is 0 Å². The summed E-state index contributed by atoms with van der Waals surface area (Å²) < 4.78 is 0. The summed E-state index contributed by atoms with van der Waals surface area (Å²) in [5.74, 6) is 0. The molecule has 2 heteroatoms. The SMILES string of the molecule is Cc1sccc1C1(N)CCc2ccccc21. The summed E-state index contributed by atoms with van der Waals surface area (Å²) in [5, 5.41) is 2.14. The van der Waals surface area contributed by atoms with Gasteiger partial charge >= 0.3 is 0 Å². The third-order valence-corrected chi connectivity index (χ3v) is 4.47. The second kappa shape index (κ2) is 3.44. The van der Waals surface area contributed by atoms with E-state index in [-0.39, 0.29) is 5.54 Å². The number of thiophene rings is 1. The van der Waals surface area contributed by atoms with Gasteiger partial charge < -0.3 is 5.73 Å². The van der Waals surface area contributed by atoms with Crippen LogP contribution in [0.5, 0.6) is 0 Å². The monoisotopic (exact) mass is 229 g/mol. The number of aryl methyl sites for hydroxylation is 2. The molecular weight excluding hydrogens is 214 g/mol. The van der Waals surface area contributed by atoms with E-state index in [2.05, 4.69) is 42.6 Å². The van der Waals surface area contributed by atoms with Crippen molar-refractivity contribution in [1.29, 1.82) is 0 Å². The molecule has 1 aliphatic rings. The molecule has 0 radical (unpaired) electrons. The van der Waals surface area contributed by atoms with Gasteiger partial charge in [-0.25, -0.2) is 0 Å². The highest BCUT2D eigenvalue weighted by molar-refractivity contribution is 7.10. The van der Waals surface area contributed by atoms with Crippen LogP contribution in [-0.2, 0) is 12.0 Å². The van der Waals surface area contributed by atoms with Crippen LogP contribution in [0, 0.1) is 6.92 Å². The highest BCUT2D eigenvalue weighted by Crippen LogP contribution is 2.42. The molecule has 16 heavy (non-hydrogen) atoms. The maximum Gasteiger partial charge on any atom is 0.0682 e. The Kier molecular flexibility index (Phi) is 2.16. The zero-order chi connectivity index (χ0) is 11.2. The Bertz CT molecular complexity index is 529. The first-order valence-corrected chi connectivity index (χ1v) is 6.51. The van der Waals surface area contributed by atoms with Crippen molar-refractivity contribution >= 4 is 11.3 Å². The number of benzene rings is 1. The lowest BCUT2D eigenvalue weighted by atomic mass is 9.86. The molecular formula is C14H15NS. The Morgan fingerprint density at radius 1 is 1.19 bits per heavy atom. The van der Waals surface area contributed by atoms with E-state index in [1.54, 1.807) is 11.3 Å². The van der Waals surface area contributed by atoms with E-state index in [0.717, 1.165) is 12.8 Å². The summed E-state index contributed by atoms with van der Waals surface area (Å²) in [6.45, 7) is 2.16. The largest absolute Gasteiger partial charge is 0.318 e. The summed E-state index contributed by atoms with van der Waals surface area (Å²) in [7, 11) is 0. The number of hydrogen-bond donors (Lipinski definition) is 1. The van der Waals surface area contributed by atoms with Gasteiger partial charge in [0.25, 0.3) is 0 Å². The van der Waals surface area contributed by atoms with Crippen LogP contribution in [0.1, 0.15) is 28.0 Å². The van der Waals surface area contributed by atoms with Gasteiger partial charge in [0.2, 0.25) is 0 Å². The van der Waals surface area contributed by atoms with Gasteiger partial charge in [0.1, 0.15) is 0 Å². The molecule has 0 saturated heterocycles.